The summed E-state index contributed by atoms with van der Waals surface area (Å²) < 4.78 is 2.28. The lowest BCUT2D eigenvalue weighted by Gasteiger charge is -2.17. The van der Waals surface area contributed by atoms with Crippen molar-refractivity contribution in [1.29, 1.82) is 0 Å². The molecule has 1 aliphatic heterocycles. The summed E-state index contributed by atoms with van der Waals surface area (Å²) >= 11 is 0. The van der Waals surface area contributed by atoms with Gasteiger partial charge in [0.15, 0.2) is 0 Å². The van der Waals surface area contributed by atoms with Gasteiger partial charge in [0, 0.05) is 18.3 Å². The number of nitrogens with zero attached hydrogens (tertiary/aromatic N) is 2. The van der Waals surface area contributed by atoms with E-state index in [1.807, 2.05) is 0 Å². The van der Waals surface area contributed by atoms with Crippen LogP contribution in [0.5, 0.6) is 0 Å². The molecule has 0 saturated carbocycles. The normalized spacial score (nSPS) is 15.5. The number of rotatable bonds is 4. The molecule has 0 saturated heterocycles. The molecule has 1 aliphatic rings. The maximum Gasteiger partial charge on any atom is 0.123 e. The molecule has 0 radical (unpaired) electrons. The van der Waals surface area contributed by atoms with E-state index < -0.39 is 0 Å². The highest BCUT2D eigenvalue weighted by molar-refractivity contribution is 5.18. The Bertz CT molecular complexity index is 357. The van der Waals surface area contributed by atoms with E-state index in [0.717, 1.165) is 31.0 Å². The predicted molar refractivity (Wildman–Crippen MR) is 63.1 cm³/mol. The second-order valence-corrected chi connectivity index (χ2v) is 4.72. The van der Waals surface area contributed by atoms with Crippen LogP contribution in [0.1, 0.15) is 43.9 Å². The molecule has 0 aromatic carbocycles. The summed E-state index contributed by atoms with van der Waals surface area (Å²) in [5, 5.41) is 12.7. The number of hydrogen-bond acceptors (Lipinski definition) is 3. The first kappa shape index (κ1) is 11.6. The summed E-state index contributed by atoms with van der Waals surface area (Å²) in [6, 6.07) is 0.467. The SMILES string of the molecule is CC(C)NCc1nc(CO)c2n1CCCC2. The Morgan fingerprint density at radius 3 is 2.94 bits per heavy atom. The first-order valence-electron chi connectivity index (χ1n) is 6.13. The number of aliphatic hydroxyl groups excluding tert-OH is 1. The summed E-state index contributed by atoms with van der Waals surface area (Å²) in [7, 11) is 0. The molecule has 0 atom stereocenters. The monoisotopic (exact) mass is 223 g/mol. The van der Waals surface area contributed by atoms with E-state index in [1.54, 1.807) is 0 Å². The molecule has 2 rings (SSSR count). The molecule has 2 heterocycles. The summed E-state index contributed by atoms with van der Waals surface area (Å²) in [5.41, 5.74) is 2.12. The molecule has 16 heavy (non-hydrogen) atoms. The molecular weight excluding hydrogens is 202 g/mol. The van der Waals surface area contributed by atoms with Gasteiger partial charge in [0.1, 0.15) is 5.82 Å². The van der Waals surface area contributed by atoms with E-state index >= 15 is 0 Å². The van der Waals surface area contributed by atoms with Gasteiger partial charge < -0.3 is 15.0 Å². The van der Waals surface area contributed by atoms with E-state index in [2.05, 4.69) is 28.7 Å². The van der Waals surface area contributed by atoms with Crippen molar-refractivity contribution in [3.05, 3.63) is 17.2 Å². The number of aromatic nitrogens is 2. The highest BCUT2D eigenvalue weighted by atomic mass is 16.3. The molecule has 4 nitrogen and oxygen atoms in total. The van der Waals surface area contributed by atoms with E-state index in [1.165, 1.54) is 18.5 Å². The number of hydrogen-bond donors (Lipinski definition) is 2. The van der Waals surface area contributed by atoms with Gasteiger partial charge in [0.2, 0.25) is 0 Å². The van der Waals surface area contributed by atoms with Crippen LogP contribution in [-0.4, -0.2) is 20.7 Å². The van der Waals surface area contributed by atoms with Gasteiger partial charge in [-0.05, 0) is 19.3 Å². The maximum atomic E-state index is 9.29. The quantitative estimate of drug-likeness (QED) is 0.806. The highest BCUT2D eigenvalue weighted by Gasteiger charge is 2.18. The first-order valence-corrected chi connectivity index (χ1v) is 6.13. The Morgan fingerprint density at radius 2 is 2.25 bits per heavy atom. The molecule has 0 amide bonds. The number of nitrogens with one attached hydrogen (secondary N) is 1. The zero-order chi connectivity index (χ0) is 11.5. The van der Waals surface area contributed by atoms with Crippen molar-refractivity contribution in [2.24, 2.45) is 0 Å². The minimum Gasteiger partial charge on any atom is -0.390 e. The maximum absolute atomic E-state index is 9.29. The van der Waals surface area contributed by atoms with Crippen molar-refractivity contribution in [1.82, 2.24) is 14.9 Å². The van der Waals surface area contributed by atoms with Gasteiger partial charge in [-0.3, -0.25) is 0 Å². The standard InChI is InChI=1S/C12H21N3O/c1-9(2)13-7-12-14-10(8-16)11-5-3-4-6-15(11)12/h9,13,16H,3-8H2,1-2H3. The van der Waals surface area contributed by atoms with Crippen molar-refractivity contribution in [2.45, 2.75) is 58.8 Å². The summed E-state index contributed by atoms with van der Waals surface area (Å²) in [6.07, 6.45) is 3.50. The zero-order valence-electron chi connectivity index (χ0n) is 10.2. The second kappa shape index (κ2) is 4.97. The Hall–Kier alpha value is -0.870. The summed E-state index contributed by atoms with van der Waals surface area (Å²) in [4.78, 5) is 4.53. The van der Waals surface area contributed by atoms with E-state index in [4.69, 9.17) is 0 Å². The van der Waals surface area contributed by atoms with Crippen molar-refractivity contribution < 1.29 is 5.11 Å². The van der Waals surface area contributed by atoms with E-state index in [-0.39, 0.29) is 6.61 Å². The Kier molecular flexibility index (Phi) is 3.61. The number of imidazole rings is 1. The van der Waals surface area contributed by atoms with Crippen molar-refractivity contribution in [3.8, 4) is 0 Å². The fourth-order valence-electron chi connectivity index (χ4n) is 2.25. The molecule has 0 bridgehead atoms. The van der Waals surface area contributed by atoms with Crippen LogP contribution in [0.15, 0.2) is 0 Å². The van der Waals surface area contributed by atoms with Crippen LogP contribution in [0.25, 0.3) is 0 Å². The molecule has 0 fully saturated rings. The van der Waals surface area contributed by atoms with Crippen molar-refractivity contribution in [2.75, 3.05) is 0 Å². The van der Waals surface area contributed by atoms with Crippen molar-refractivity contribution in [3.63, 3.8) is 0 Å². The average Bonchev–Trinajstić information content (AvgIpc) is 2.65. The van der Waals surface area contributed by atoms with E-state index in [9.17, 15) is 5.11 Å². The summed E-state index contributed by atoms with van der Waals surface area (Å²) in [5.74, 6) is 1.08. The van der Waals surface area contributed by atoms with Crippen LogP contribution >= 0.6 is 0 Å². The number of aliphatic hydroxyl groups is 1. The minimum atomic E-state index is 0.0665. The topological polar surface area (TPSA) is 50.1 Å². The molecule has 1 aromatic heterocycles. The first-order chi connectivity index (χ1) is 7.72. The van der Waals surface area contributed by atoms with Crippen LogP contribution in [0.4, 0.5) is 0 Å². The molecule has 0 spiro atoms. The van der Waals surface area contributed by atoms with Crippen LogP contribution < -0.4 is 5.32 Å². The minimum absolute atomic E-state index is 0.0665. The zero-order valence-corrected chi connectivity index (χ0v) is 10.2. The summed E-state index contributed by atoms with van der Waals surface area (Å²) in [6.45, 7) is 6.18. The van der Waals surface area contributed by atoms with Crippen molar-refractivity contribution >= 4 is 0 Å². The Labute approximate surface area is 96.7 Å². The third-order valence-electron chi connectivity index (χ3n) is 3.10. The molecule has 1 aromatic rings. The second-order valence-electron chi connectivity index (χ2n) is 4.72. The van der Waals surface area contributed by atoms with Crippen LogP contribution in [0.2, 0.25) is 0 Å². The molecule has 4 heteroatoms. The molecular formula is C12H21N3O. The van der Waals surface area contributed by atoms with Gasteiger partial charge in [-0.2, -0.15) is 0 Å². The molecule has 0 unspecified atom stereocenters. The smallest absolute Gasteiger partial charge is 0.123 e. The van der Waals surface area contributed by atoms with Crippen LogP contribution in [-0.2, 0) is 26.1 Å². The molecule has 90 valence electrons. The average molecular weight is 223 g/mol. The highest BCUT2D eigenvalue weighted by Crippen LogP contribution is 2.20. The van der Waals surface area contributed by atoms with Gasteiger partial charge in [-0.1, -0.05) is 13.8 Å². The van der Waals surface area contributed by atoms with Gasteiger partial charge >= 0.3 is 0 Å². The van der Waals surface area contributed by atoms with Crippen LogP contribution in [0.3, 0.4) is 0 Å². The van der Waals surface area contributed by atoms with E-state index in [0.29, 0.717) is 6.04 Å². The van der Waals surface area contributed by atoms with Gasteiger partial charge in [0.05, 0.1) is 18.8 Å². The Morgan fingerprint density at radius 1 is 1.44 bits per heavy atom. The third-order valence-corrected chi connectivity index (χ3v) is 3.10. The lowest BCUT2D eigenvalue weighted by atomic mass is 10.1. The van der Waals surface area contributed by atoms with Gasteiger partial charge in [0.25, 0.3) is 0 Å². The van der Waals surface area contributed by atoms with Gasteiger partial charge in [-0.25, -0.2) is 4.98 Å². The third kappa shape index (κ3) is 2.28. The predicted octanol–water partition coefficient (Wildman–Crippen LogP) is 1.21. The lowest BCUT2D eigenvalue weighted by molar-refractivity contribution is 0.275. The fraction of sp³-hybridized carbons (Fsp3) is 0.750. The Balaban J connectivity index is 2.20. The van der Waals surface area contributed by atoms with Crippen LogP contribution in [0, 0.1) is 0 Å². The largest absolute Gasteiger partial charge is 0.390 e. The lowest BCUT2D eigenvalue weighted by Crippen LogP contribution is -2.25. The fourth-order valence-corrected chi connectivity index (χ4v) is 2.25. The van der Waals surface area contributed by atoms with Gasteiger partial charge in [-0.15, -0.1) is 0 Å². The number of fused-ring (bicyclic) bond motifs is 1. The molecule has 0 aliphatic carbocycles. The molecule has 2 N–H and O–H groups in total.